The fourth-order valence-corrected chi connectivity index (χ4v) is 1.93. The Labute approximate surface area is 101 Å². The number of hydrogen-bond acceptors (Lipinski definition) is 3. The molecule has 2 rings (SSSR count). The Morgan fingerprint density at radius 1 is 1.18 bits per heavy atom. The van der Waals surface area contributed by atoms with Gasteiger partial charge in [-0.15, -0.1) is 0 Å². The van der Waals surface area contributed by atoms with Crippen molar-refractivity contribution in [2.24, 2.45) is 0 Å². The van der Waals surface area contributed by atoms with Gasteiger partial charge in [0.2, 0.25) is 0 Å². The topological polar surface area (TPSA) is 34.4 Å². The van der Waals surface area contributed by atoms with Crippen molar-refractivity contribution < 1.29 is 9.15 Å². The van der Waals surface area contributed by atoms with E-state index in [4.69, 9.17) is 9.15 Å². The lowest BCUT2D eigenvalue weighted by molar-refractivity contribution is 0.414. The Hall–Kier alpha value is -1.74. The van der Waals surface area contributed by atoms with Crippen molar-refractivity contribution in [1.82, 2.24) is 5.32 Å². The first kappa shape index (κ1) is 11.7. The van der Waals surface area contributed by atoms with Gasteiger partial charge in [-0.25, -0.2) is 0 Å². The maximum Gasteiger partial charge on any atom is 0.128 e. The van der Waals surface area contributed by atoms with Crippen LogP contribution in [-0.4, -0.2) is 14.2 Å². The normalized spacial score (nSPS) is 12.4. The Kier molecular flexibility index (Phi) is 3.49. The molecule has 3 heteroatoms. The van der Waals surface area contributed by atoms with Crippen molar-refractivity contribution in [1.29, 1.82) is 0 Å². The smallest absolute Gasteiger partial charge is 0.128 e. The maximum atomic E-state index is 5.53. The number of rotatable bonds is 4. The van der Waals surface area contributed by atoms with Gasteiger partial charge in [-0.3, -0.25) is 0 Å². The Morgan fingerprint density at radius 3 is 2.35 bits per heavy atom. The molecule has 0 aliphatic carbocycles. The minimum Gasteiger partial charge on any atom is -0.497 e. The molecule has 0 aliphatic rings. The monoisotopic (exact) mass is 231 g/mol. The Balaban J connectivity index is 2.32. The molecule has 0 aliphatic heterocycles. The summed E-state index contributed by atoms with van der Waals surface area (Å²) in [6, 6.07) is 10.1. The number of benzene rings is 1. The zero-order chi connectivity index (χ0) is 12.3. The third-order valence-corrected chi connectivity index (χ3v) is 2.90. The van der Waals surface area contributed by atoms with E-state index in [1.807, 2.05) is 44.3 Å². The van der Waals surface area contributed by atoms with Crippen molar-refractivity contribution in [3.63, 3.8) is 0 Å². The predicted octanol–water partition coefficient (Wildman–Crippen LogP) is 2.91. The van der Waals surface area contributed by atoms with E-state index in [0.717, 1.165) is 22.6 Å². The van der Waals surface area contributed by atoms with Crippen LogP contribution in [0.15, 0.2) is 41.0 Å². The van der Waals surface area contributed by atoms with E-state index in [0.29, 0.717) is 0 Å². The number of nitrogens with one attached hydrogen (secondary N) is 1. The second-order valence-corrected chi connectivity index (χ2v) is 3.96. The average Bonchev–Trinajstić information content (AvgIpc) is 2.78. The van der Waals surface area contributed by atoms with Crippen molar-refractivity contribution in [3.8, 4) is 5.75 Å². The molecule has 90 valence electrons. The molecular formula is C14H17NO2. The van der Waals surface area contributed by atoms with Crippen molar-refractivity contribution in [2.75, 3.05) is 14.2 Å². The molecule has 3 nitrogen and oxygen atoms in total. The van der Waals surface area contributed by atoms with Crippen LogP contribution in [0.2, 0.25) is 0 Å². The summed E-state index contributed by atoms with van der Waals surface area (Å²) in [6.45, 7) is 2.05. The lowest BCUT2D eigenvalue weighted by Crippen LogP contribution is -2.17. The van der Waals surface area contributed by atoms with E-state index in [1.54, 1.807) is 13.4 Å². The van der Waals surface area contributed by atoms with Gasteiger partial charge in [0.25, 0.3) is 0 Å². The largest absolute Gasteiger partial charge is 0.497 e. The van der Waals surface area contributed by atoms with E-state index in [-0.39, 0.29) is 6.04 Å². The third-order valence-electron chi connectivity index (χ3n) is 2.90. The highest BCUT2D eigenvalue weighted by atomic mass is 16.5. The van der Waals surface area contributed by atoms with Crippen LogP contribution >= 0.6 is 0 Å². The van der Waals surface area contributed by atoms with E-state index in [9.17, 15) is 0 Å². The molecule has 2 aromatic rings. The first-order valence-corrected chi connectivity index (χ1v) is 5.61. The number of ether oxygens (including phenoxy) is 1. The van der Waals surface area contributed by atoms with Crippen LogP contribution in [0, 0.1) is 6.92 Å². The van der Waals surface area contributed by atoms with Gasteiger partial charge in [0.05, 0.1) is 19.4 Å². The SMILES string of the molecule is CNC(c1ccc(OC)cc1)c1occc1C. The van der Waals surface area contributed by atoms with Crippen LogP contribution in [0.5, 0.6) is 5.75 Å². The zero-order valence-electron chi connectivity index (χ0n) is 10.4. The molecule has 0 saturated heterocycles. The second-order valence-electron chi connectivity index (χ2n) is 3.96. The molecule has 0 radical (unpaired) electrons. The van der Waals surface area contributed by atoms with Gasteiger partial charge in [0.1, 0.15) is 11.5 Å². The highest BCUT2D eigenvalue weighted by Gasteiger charge is 2.17. The van der Waals surface area contributed by atoms with Crippen LogP contribution in [-0.2, 0) is 0 Å². The van der Waals surface area contributed by atoms with Crippen LogP contribution < -0.4 is 10.1 Å². The van der Waals surface area contributed by atoms with Gasteiger partial charge in [-0.2, -0.15) is 0 Å². The minimum absolute atomic E-state index is 0.0795. The molecule has 0 saturated carbocycles. The van der Waals surface area contributed by atoms with Crippen LogP contribution in [0.1, 0.15) is 22.9 Å². The molecule has 1 aromatic carbocycles. The fraction of sp³-hybridized carbons (Fsp3) is 0.286. The van der Waals surface area contributed by atoms with Crippen molar-refractivity contribution in [3.05, 3.63) is 53.5 Å². The summed E-state index contributed by atoms with van der Waals surface area (Å²) < 4.78 is 10.7. The van der Waals surface area contributed by atoms with E-state index < -0.39 is 0 Å². The second kappa shape index (κ2) is 5.06. The lowest BCUT2D eigenvalue weighted by atomic mass is 10.0. The van der Waals surface area contributed by atoms with Crippen LogP contribution in [0.4, 0.5) is 0 Å². The lowest BCUT2D eigenvalue weighted by Gasteiger charge is -2.15. The van der Waals surface area contributed by atoms with Gasteiger partial charge in [-0.05, 0) is 43.3 Å². The van der Waals surface area contributed by atoms with Gasteiger partial charge < -0.3 is 14.5 Å². The van der Waals surface area contributed by atoms with Gasteiger partial charge in [0.15, 0.2) is 0 Å². The first-order valence-electron chi connectivity index (χ1n) is 5.61. The number of aryl methyl sites for hydroxylation is 1. The Bertz CT molecular complexity index is 473. The highest BCUT2D eigenvalue weighted by molar-refractivity contribution is 5.34. The number of furan rings is 1. The van der Waals surface area contributed by atoms with Gasteiger partial charge in [0, 0.05) is 0 Å². The number of hydrogen-bond donors (Lipinski definition) is 1. The zero-order valence-corrected chi connectivity index (χ0v) is 10.4. The quantitative estimate of drug-likeness (QED) is 0.878. The Morgan fingerprint density at radius 2 is 1.88 bits per heavy atom. The molecule has 1 heterocycles. The third kappa shape index (κ3) is 2.34. The van der Waals surface area contributed by atoms with Gasteiger partial charge >= 0.3 is 0 Å². The maximum absolute atomic E-state index is 5.53. The molecule has 0 bridgehead atoms. The van der Waals surface area contributed by atoms with Crippen molar-refractivity contribution in [2.45, 2.75) is 13.0 Å². The molecule has 17 heavy (non-hydrogen) atoms. The van der Waals surface area contributed by atoms with E-state index in [1.165, 1.54) is 0 Å². The summed E-state index contributed by atoms with van der Waals surface area (Å²) in [5.41, 5.74) is 2.31. The summed E-state index contributed by atoms with van der Waals surface area (Å²) in [5, 5.41) is 3.26. The first-order chi connectivity index (χ1) is 8.26. The summed E-state index contributed by atoms with van der Waals surface area (Å²) in [6.07, 6.45) is 1.72. The molecular weight excluding hydrogens is 214 g/mol. The highest BCUT2D eigenvalue weighted by Crippen LogP contribution is 2.26. The van der Waals surface area contributed by atoms with E-state index >= 15 is 0 Å². The summed E-state index contributed by atoms with van der Waals surface area (Å²) in [5.74, 6) is 1.82. The fourth-order valence-electron chi connectivity index (χ4n) is 1.93. The minimum atomic E-state index is 0.0795. The molecule has 0 spiro atoms. The molecule has 0 amide bonds. The molecule has 0 fully saturated rings. The molecule has 1 unspecified atom stereocenters. The summed E-state index contributed by atoms with van der Waals surface area (Å²) >= 11 is 0. The standard InChI is InChI=1S/C14H17NO2/c1-10-8-9-17-14(10)13(15-2)11-4-6-12(16-3)7-5-11/h4-9,13,15H,1-3H3. The predicted molar refractivity (Wildman–Crippen MR) is 67.3 cm³/mol. The van der Waals surface area contributed by atoms with Crippen LogP contribution in [0.3, 0.4) is 0 Å². The molecule has 1 N–H and O–H groups in total. The van der Waals surface area contributed by atoms with Crippen LogP contribution in [0.25, 0.3) is 0 Å². The average molecular weight is 231 g/mol. The number of methoxy groups -OCH3 is 1. The summed E-state index contributed by atoms with van der Waals surface area (Å²) in [4.78, 5) is 0. The molecule has 1 aromatic heterocycles. The van der Waals surface area contributed by atoms with E-state index in [2.05, 4.69) is 5.32 Å². The summed E-state index contributed by atoms with van der Waals surface area (Å²) in [7, 11) is 3.60. The molecule has 1 atom stereocenters. The van der Waals surface area contributed by atoms with Gasteiger partial charge in [-0.1, -0.05) is 12.1 Å². The van der Waals surface area contributed by atoms with Crippen molar-refractivity contribution >= 4 is 0 Å².